The molecule has 31 heavy (non-hydrogen) atoms. The lowest BCUT2D eigenvalue weighted by molar-refractivity contribution is -0.150. The molecule has 0 radical (unpaired) electrons. The fourth-order valence-corrected chi connectivity index (χ4v) is 8.20. The second-order valence-corrected chi connectivity index (χ2v) is 11.3. The molecule has 0 bridgehead atoms. The van der Waals surface area contributed by atoms with Gasteiger partial charge in [0, 0.05) is 38.2 Å². The molecule has 1 aliphatic heterocycles. The van der Waals surface area contributed by atoms with Crippen molar-refractivity contribution in [3.05, 3.63) is 11.6 Å². The third-order valence-electron chi connectivity index (χ3n) is 9.74. The van der Waals surface area contributed by atoms with Crippen LogP contribution in [-0.2, 0) is 23.9 Å². The van der Waals surface area contributed by atoms with E-state index in [-0.39, 0.29) is 58.5 Å². The zero-order valence-electron chi connectivity index (χ0n) is 19.2. The minimum absolute atomic E-state index is 0.0287. The molecule has 0 amide bonds. The van der Waals surface area contributed by atoms with Gasteiger partial charge in [-0.15, -0.1) is 0 Å². The largest absolute Gasteiger partial charge is 0.462 e. The van der Waals surface area contributed by atoms with Crippen LogP contribution >= 0.6 is 0 Å². The second-order valence-electron chi connectivity index (χ2n) is 11.3. The first-order valence-corrected chi connectivity index (χ1v) is 12.3. The summed E-state index contributed by atoms with van der Waals surface area (Å²) in [5.41, 5.74) is 1.00. The van der Waals surface area contributed by atoms with E-state index in [1.807, 2.05) is 6.08 Å². The third kappa shape index (κ3) is 3.25. The molecule has 4 aliphatic carbocycles. The van der Waals surface area contributed by atoms with Crippen LogP contribution < -0.4 is 0 Å². The maximum absolute atomic E-state index is 13.5. The van der Waals surface area contributed by atoms with Crippen LogP contribution in [0.25, 0.3) is 0 Å². The number of allylic oxidation sites excluding steroid dienone is 1. The molecule has 0 aromatic carbocycles. The number of fused-ring (bicyclic) bond motifs is 5. The maximum Gasteiger partial charge on any atom is 0.302 e. The lowest BCUT2D eigenvalue weighted by atomic mass is 9.47. The van der Waals surface area contributed by atoms with Crippen molar-refractivity contribution in [3.63, 3.8) is 0 Å². The van der Waals surface area contributed by atoms with Gasteiger partial charge in [0.1, 0.15) is 11.9 Å². The molecule has 1 heterocycles. The van der Waals surface area contributed by atoms with Crippen LogP contribution in [0, 0.1) is 34.5 Å². The predicted molar refractivity (Wildman–Crippen MR) is 115 cm³/mol. The number of hydrogen-bond acceptors (Lipinski definition) is 5. The number of Topliss-reactive ketones (excluding diaryl/α,β-unsaturated/α-hetero) is 1. The molecule has 4 fully saturated rings. The van der Waals surface area contributed by atoms with Gasteiger partial charge in [-0.3, -0.25) is 14.4 Å². The number of hydrogen-bond donors (Lipinski definition) is 0. The minimum atomic E-state index is -0.247. The molecule has 5 aliphatic rings. The van der Waals surface area contributed by atoms with Crippen LogP contribution in [0.3, 0.4) is 0 Å². The van der Waals surface area contributed by atoms with E-state index in [4.69, 9.17) is 9.47 Å². The molecule has 0 N–H and O–H groups in total. The van der Waals surface area contributed by atoms with Crippen molar-refractivity contribution in [1.82, 2.24) is 0 Å². The Kier molecular flexibility index (Phi) is 5.19. The van der Waals surface area contributed by atoms with E-state index in [9.17, 15) is 14.4 Å². The topological polar surface area (TPSA) is 69.7 Å². The van der Waals surface area contributed by atoms with Crippen LogP contribution in [0.15, 0.2) is 11.6 Å². The monoisotopic (exact) mass is 428 g/mol. The Balaban J connectivity index is 1.44. The summed E-state index contributed by atoms with van der Waals surface area (Å²) in [7, 11) is 0. The lowest BCUT2D eigenvalue weighted by Gasteiger charge is -2.57. The number of rotatable bonds is 2. The Morgan fingerprint density at radius 3 is 2.58 bits per heavy atom. The average molecular weight is 429 g/mol. The Labute approximate surface area is 185 Å². The van der Waals surface area contributed by atoms with Gasteiger partial charge in [0.15, 0.2) is 5.78 Å². The highest BCUT2D eigenvalue weighted by atomic mass is 16.5. The van der Waals surface area contributed by atoms with E-state index in [1.54, 1.807) is 0 Å². The summed E-state index contributed by atoms with van der Waals surface area (Å²) in [6.07, 6.45) is 9.97. The standard InChI is InChI=1S/C26H36O5/c1-15(27)31-17-7-9-25(2)16(12-17)13-20(28)23-18(25)8-10-26(3)19(23)14-21(29)24(26)22-6-4-5-11-30-22/h13,17-19,22-24H,4-12,14H2,1-3H3/t17-,18?,19?,22?,23?,24+,25-,26-/m0/s1. The SMILES string of the molecule is CC(=O)O[C@H]1CC[C@@]2(C)C(=CC(=O)C3C2CC[C@@]2(C)C3CC(=O)[C@@H]2C2CCCCO2)C1. The molecule has 0 aromatic rings. The average Bonchev–Trinajstić information content (AvgIpc) is 2.99. The van der Waals surface area contributed by atoms with Gasteiger partial charge < -0.3 is 9.47 Å². The Hall–Kier alpha value is -1.49. The van der Waals surface area contributed by atoms with Gasteiger partial charge in [-0.05, 0) is 73.7 Å². The molecular weight excluding hydrogens is 392 g/mol. The zero-order valence-corrected chi connectivity index (χ0v) is 19.2. The van der Waals surface area contributed by atoms with Gasteiger partial charge in [0.2, 0.25) is 0 Å². The molecule has 0 spiro atoms. The van der Waals surface area contributed by atoms with E-state index in [2.05, 4.69) is 13.8 Å². The quantitative estimate of drug-likeness (QED) is 0.609. The number of carbonyl (C=O) groups excluding carboxylic acids is 3. The second kappa shape index (κ2) is 7.54. The summed E-state index contributed by atoms with van der Waals surface area (Å²) in [5.74, 6) is 0.585. The van der Waals surface area contributed by atoms with E-state index < -0.39 is 0 Å². The van der Waals surface area contributed by atoms with E-state index in [1.165, 1.54) is 6.92 Å². The third-order valence-corrected chi connectivity index (χ3v) is 9.74. The first-order chi connectivity index (χ1) is 14.7. The molecule has 3 saturated carbocycles. The van der Waals surface area contributed by atoms with Crippen LogP contribution in [0.4, 0.5) is 0 Å². The van der Waals surface area contributed by atoms with Crippen molar-refractivity contribution < 1.29 is 23.9 Å². The van der Waals surface area contributed by atoms with Crippen molar-refractivity contribution in [2.75, 3.05) is 6.61 Å². The molecule has 170 valence electrons. The molecular formula is C26H36O5. The van der Waals surface area contributed by atoms with E-state index in [0.717, 1.165) is 57.1 Å². The van der Waals surface area contributed by atoms with Crippen molar-refractivity contribution in [3.8, 4) is 0 Å². The molecule has 8 atom stereocenters. The highest BCUT2D eigenvalue weighted by molar-refractivity contribution is 5.96. The van der Waals surface area contributed by atoms with Crippen LogP contribution in [0.2, 0.25) is 0 Å². The molecule has 1 saturated heterocycles. The van der Waals surface area contributed by atoms with Gasteiger partial charge in [-0.2, -0.15) is 0 Å². The Bertz CT molecular complexity index is 824. The molecule has 5 rings (SSSR count). The molecule has 5 heteroatoms. The molecule has 4 unspecified atom stereocenters. The maximum atomic E-state index is 13.5. The normalized spacial score (nSPS) is 47.1. The summed E-state index contributed by atoms with van der Waals surface area (Å²) in [6.45, 7) is 6.80. The number of esters is 1. The van der Waals surface area contributed by atoms with Crippen LogP contribution in [-0.4, -0.2) is 36.4 Å². The van der Waals surface area contributed by atoms with Crippen molar-refractivity contribution in [2.45, 2.75) is 90.8 Å². The smallest absolute Gasteiger partial charge is 0.302 e. The Morgan fingerprint density at radius 2 is 1.87 bits per heavy atom. The summed E-state index contributed by atoms with van der Waals surface area (Å²) >= 11 is 0. The highest BCUT2D eigenvalue weighted by Crippen LogP contribution is 2.65. The highest BCUT2D eigenvalue weighted by Gasteiger charge is 2.64. The van der Waals surface area contributed by atoms with E-state index >= 15 is 0 Å². The van der Waals surface area contributed by atoms with Crippen molar-refractivity contribution in [2.24, 2.45) is 34.5 Å². The predicted octanol–water partition coefficient (Wildman–Crippen LogP) is 4.42. The first-order valence-electron chi connectivity index (χ1n) is 12.3. The van der Waals surface area contributed by atoms with Crippen molar-refractivity contribution >= 4 is 17.5 Å². The van der Waals surface area contributed by atoms with Gasteiger partial charge in [0.05, 0.1) is 6.10 Å². The number of ether oxygens (including phenoxy) is 2. The van der Waals surface area contributed by atoms with Crippen molar-refractivity contribution in [1.29, 1.82) is 0 Å². The van der Waals surface area contributed by atoms with Crippen LogP contribution in [0.1, 0.15) is 78.6 Å². The van der Waals surface area contributed by atoms with Gasteiger partial charge in [0.25, 0.3) is 0 Å². The minimum Gasteiger partial charge on any atom is -0.462 e. The number of ketones is 2. The molecule has 0 aromatic heterocycles. The summed E-state index contributed by atoms with van der Waals surface area (Å²) < 4.78 is 11.6. The van der Waals surface area contributed by atoms with Gasteiger partial charge >= 0.3 is 5.97 Å². The fourth-order valence-electron chi connectivity index (χ4n) is 8.20. The lowest BCUT2D eigenvalue weighted by Crippen LogP contribution is -2.54. The number of carbonyl (C=O) groups is 3. The summed E-state index contributed by atoms with van der Waals surface area (Å²) in [6, 6.07) is 0. The summed E-state index contributed by atoms with van der Waals surface area (Å²) in [4.78, 5) is 38.2. The summed E-state index contributed by atoms with van der Waals surface area (Å²) in [5, 5.41) is 0. The van der Waals surface area contributed by atoms with Gasteiger partial charge in [-0.25, -0.2) is 0 Å². The van der Waals surface area contributed by atoms with Gasteiger partial charge in [-0.1, -0.05) is 19.4 Å². The molecule has 5 nitrogen and oxygen atoms in total. The fraction of sp³-hybridized carbons (Fsp3) is 0.808. The van der Waals surface area contributed by atoms with Crippen LogP contribution in [0.5, 0.6) is 0 Å². The van der Waals surface area contributed by atoms with E-state index in [0.29, 0.717) is 18.6 Å². The Morgan fingerprint density at radius 1 is 1.06 bits per heavy atom. The zero-order chi connectivity index (χ0) is 22.0. The first kappa shape index (κ1) is 21.4.